The Morgan fingerprint density at radius 2 is 1.64 bits per heavy atom. The van der Waals surface area contributed by atoms with E-state index in [0.29, 0.717) is 5.92 Å². The summed E-state index contributed by atoms with van der Waals surface area (Å²) in [7, 11) is 4.91. The van der Waals surface area contributed by atoms with E-state index in [1.807, 2.05) is 18.2 Å². The number of ether oxygens (including phenoxy) is 5. The van der Waals surface area contributed by atoms with E-state index in [0.717, 1.165) is 88.2 Å². The summed E-state index contributed by atoms with van der Waals surface area (Å²) in [5.74, 6) is 2.59. The Labute approximate surface area is 251 Å². The lowest BCUT2D eigenvalue weighted by atomic mass is 9.90. The van der Waals surface area contributed by atoms with E-state index < -0.39 is 6.10 Å². The lowest BCUT2D eigenvalue weighted by Gasteiger charge is -2.31. The average Bonchev–Trinajstić information content (AvgIpc) is 3.04. The maximum Gasteiger partial charge on any atom is 0.142 e. The number of hydrogen-bond donors (Lipinski definition) is 4. The number of methoxy groups -OCH3 is 3. The molecule has 1 unspecified atom stereocenters. The van der Waals surface area contributed by atoms with Gasteiger partial charge in [-0.1, -0.05) is 18.2 Å². The summed E-state index contributed by atoms with van der Waals surface area (Å²) in [6.45, 7) is 7.15. The SMILES string of the molecule is COCC(O)CO.COCCCN1CCOc2ccc(CO)cc21.COCCCOc1ccc(C2CCNCC2)cc1. The largest absolute Gasteiger partial charge is 0.494 e. The molecule has 2 heterocycles. The van der Waals surface area contributed by atoms with Gasteiger partial charge in [0.2, 0.25) is 0 Å². The fraction of sp³-hybridized carbons (Fsp3) is 0.625. The molecule has 0 spiro atoms. The maximum atomic E-state index is 9.16. The van der Waals surface area contributed by atoms with Gasteiger partial charge in [-0.25, -0.2) is 0 Å². The van der Waals surface area contributed by atoms with Crippen LogP contribution in [0.2, 0.25) is 0 Å². The van der Waals surface area contributed by atoms with Gasteiger partial charge in [0, 0.05) is 47.5 Å². The van der Waals surface area contributed by atoms with Gasteiger partial charge in [0.1, 0.15) is 24.2 Å². The van der Waals surface area contributed by atoms with Gasteiger partial charge in [0.15, 0.2) is 0 Å². The number of hydrogen-bond acceptors (Lipinski definition) is 10. The molecule has 0 saturated carbocycles. The van der Waals surface area contributed by atoms with Gasteiger partial charge in [0.05, 0.1) is 38.7 Å². The van der Waals surface area contributed by atoms with Crippen LogP contribution < -0.4 is 19.7 Å². The molecule has 4 N–H and O–H groups in total. The minimum Gasteiger partial charge on any atom is -0.494 e. The zero-order valence-electron chi connectivity index (χ0n) is 25.6. The number of nitrogens with zero attached hydrogens (tertiary/aromatic N) is 1. The van der Waals surface area contributed by atoms with Crippen molar-refractivity contribution in [3.05, 3.63) is 53.6 Å². The molecule has 1 atom stereocenters. The monoisotopic (exact) mass is 592 g/mol. The minimum absolute atomic E-state index is 0.0686. The molecule has 0 bridgehead atoms. The molecule has 1 saturated heterocycles. The molecule has 0 amide bonds. The fourth-order valence-electron chi connectivity index (χ4n) is 4.68. The third-order valence-corrected chi connectivity index (χ3v) is 6.96. The second kappa shape index (κ2) is 22.1. The van der Waals surface area contributed by atoms with Gasteiger partial charge >= 0.3 is 0 Å². The number of rotatable bonds is 14. The summed E-state index contributed by atoms with van der Waals surface area (Å²) in [6, 6.07) is 14.4. The van der Waals surface area contributed by atoms with Crippen LogP contribution in [0.4, 0.5) is 5.69 Å². The second-order valence-electron chi connectivity index (χ2n) is 10.2. The molecule has 1 fully saturated rings. The molecule has 10 heteroatoms. The van der Waals surface area contributed by atoms with Crippen molar-refractivity contribution >= 4 is 5.69 Å². The van der Waals surface area contributed by atoms with Gasteiger partial charge in [-0.15, -0.1) is 0 Å². The van der Waals surface area contributed by atoms with Crippen LogP contribution in [0.15, 0.2) is 42.5 Å². The van der Waals surface area contributed by atoms with Crippen molar-refractivity contribution in [1.29, 1.82) is 0 Å². The Morgan fingerprint density at radius 3 is 2.26 bits per heavy atom. The minimum atomic E-state index is -0.718. The van der Waals surface area contributed by atoms with Crippen molar-refractivity contribution in [2.75, 3.05) is 92.0 Å². The smallest absolute Gasteiger partial charge is 0.142 e. The molecule has 10 nitrogen and oxygen atoms in total. The third kappa shape index (κ3) is 13.7. The fourth-order valence-corrected chi connectivity index (χ4v) is 4.68. The van der Waals surface area contributed by atoms with Gasteiger partial charge in [0.25, 0.3) is 0 Å². The van der Waals surface area contributed by atoms with Crippen molar-refractivity contribution in [1.82, 2.24) is 5.32 Å². The van der Waals surface area contributed by atoms with E-state index in [1.165, 1.54) is 25.5 Å². The summed E-state index contributed by atoms with van der Waals surface area (Å²) < 4.78 is 25.8. The molecular formula is C32H52N2O8. The number of anilines is 1. The lowest BCUT2D eigenvalue weighted by Crippen LogP contribution is -2.34. The molecular weight excluding hydrogens is 540 g/mol. The Bertz CT molecular complexity index is 941. The summed E-state index contributed by atoms with van der Waals surface area (Å²) in [5, 5.41) is 29.2. The van der Waals surface area contributed by atoms with E-state index >= 15 is 0 Å². The first-order valence-electron chi connectivity index (χ1n) is 14.9. The van der Waals surface area contributed by atoms with Crippen molar-refractivity contribution in [2.45, 2.75) is 44.3 Å². The Kier molecular flexibility index (Phi) is 18.9. The summed E-state index contributed by atoms with van der Waals surface area (Å²) in [4.78, 5) is 2.29. The van der Waals surface area contributed by atoms with E-state index in [2.05, 4.69) is 39.2 Å². The summed E-state index contributed by atoms with van der Waals surface area (Å²) >= 11 is 0. The molecule has 4 rings (SSSR count). The molecule has 238 valence electrons. The van der Waals surface area contributed by atoms with Crippen LogP contribution in [0.25, 0.3) is 0 Å². The number of benzene rings is 2. The molecule has 2 aliphatic rings. The van der Waals surface area contributed by atoms with Gasteiger partial charge in [-0.3, -0.25) is 0 Å². The highest BCUT2D eigenvalue weighted by Crippen LogP contribution is 2.32. The van der Waals surface area contributed by atoms with Gasteiger partial charge in [-0.2, -0.15) is 0 Å². The van der Waals surface area contributed by atoms with Crippen LogP contribution in [0.3, 0.4) is 0 Å². The van der Waals surface area contributed by atoms with E-state index in [-0.39, 0.29) is 19.8 Å². The van der Waals surface area contributed by atoms with Crippen LogP contribution in [0.5, 0.6) is 11.5 Å². The van der Waals surface area contributed by atoms with Crippen LogP contribution in [-0.4, -0.2) is 109 Å². The standard InChI is InChI=1S/C15H23NO2.C13H19NO3.C4H10O3/c1-17-11-2-12-18-15-5-3-13(4-6-15)14-7-9-16-10-8-14;1-16-7-2-5-14-6-8-17-13-4-3-11(10-15)9-12(13)14;1-7-3-4(6)2-5/h3-6,14,16H,2,7-12H2,1H3;3-4,9,15H,2,5-8,10H2,1H3;4-6H,2-3H2,1H3. The number of aliphatic hydroxyl groups excluding tert-OH is 3. The molecule has 2 aliphatic heterocycles. The molecule has 0 radical (unpaired) electrons. The average molecular weight is 593 g/mol. The third-order valence-electron chi connectivity index (χ3n) is 6.96. The van der Waals surface area contributed by atoms with Crippen LogP contribution >= 0.6 is 0 Å². The number of fused-ring (bicyclic) bond motifs is 1. The van der Waals surface area contributed by atoms with Crippen molar-refractivity contribution in [2.24, 2.45) is 0 Å². The van der Waals surface area contributed by atoms with Crippen molar-refractivity contribution in [3.8, 4) is 11.5 Å². The maximum absolute atomic E-state index is 9.16. The number of aliphatic hydroxyl groups is 3. The highest BCUT2D eigenvalue weighted by Gasteiger charge is 2.18. The molecule has 42 heavy (non-hydrogen) atoms. The summed E-state index contributed by atoms with van der Waals surface area (Å²) in [6.07, 6.45) is 3.71. The van der Waals surface area contributed by atoms with E-state index in [9.17, 15) is 0 Å². The highest BCUT2D eigenvalue weighted by molar-refractivity contribution is 5.61. The van der Waals surface area contributed by atoms with Crippen LogP contribution in [0.1, 0.15) is 42.7 Å². The molecule has 2 aromatic rings. The van der Waals surface area contributed by atoms with E-state index in [4.69, 9.17) is 34.3 Å². The molecule has 2 aromatic carbocycles. The normalized spacial score (nSPS) is 15.3. The van der Waals surface area contributed by atoms with Crippen molar-refractivity contribution in [3.63, 3.8) is 0 Å². The second-order valence-corrected chi connectivity index (χ2v) is 10.2. The Hall–Kier alpha value is -2.44. The number of nitrogens with one attached hydrogen (secondary N) is 1. The van der Waals surface area contributed by atoms with Gasteiger partial charge in [-0.05, 0) is 73.7 Å². The van der Waals surface area contributed by atoms with Crippen molar-refractivity contribution < 1.29 is 39.0 Å². The number of piperidine rings is 1. The first-order valence-corrected chi connectivity index (χ1v) is 14.9. The first kappa shape index (κ1) is 35.8. The molecule has 0 aliphatic carbocycles. The molecule has 0 aromatic heterocycles. The topological polar surface area (TPSA) is 122 Å². The predicted molar refractivity (Wildman–Crippen MR) is 165 cm³/mol. The lowest BCUT2D eigenvalue weighted by molar-refractivity contribution is 0.0254. The summed E-state index contributed by atoms with van der Waals surface area (Å²) in [5.41, 5.74) is 3.45. The first-order chi connectivity index (χ1) is 20.6. The zero-order valence-corrected chi connectivity index (χ0v) is 25.6. The zero-order chi connectivity index (χ0) is 30.4. The predicted octanol–water partition coefficient (Wildman–Crippen LogP) is 2.97. The van der Waals surface area contributed by atoms with Crippen LogP contribution in [0, 0.1) is 0 Å². The van der Waals surface area contributed by atoms with Gasteiger partial charge < -0.3 is 49.2 Å². The quantitative estimate of drug-likeness (QED) is 0.244. The Morgan fingerprint density at radius 1 is 0.929 bits per heavy atom. The Balaban J connectivity index is 0.000000241. The van der Waals surface area contributed by atoms with E-state index in [1.54, 1.807) is 14.2 Å². The van der Waals surface area contributed by atoms with Crippen LogP contribution in [-0.2, 0) is 20.8 Å². The highest BCUT2D eigenvalue weighted by atomic mass is 16.5.